The molecule has 4 aromatic rings. The molecule has 0 saturated heterocycles. The number of alkyl halides is 6. The third kappa shape index (κ3) is 6.37. The Morgan fingerprint density at radius 2 is 1.60 bits per heavy atom. The summed E-state index contributed by atoms with van der Waals surface area (Å²) in [6, 6.07) is 9.68. The van der Waals surface area contributed by atoms with Gasteiger partial charge < -0.3 is 30.0 Å². The molecule has 42 heavy (non-hydrogen) atoms. The van der Waals surface area contributed by atoms with Crippen molar-refractivity contribution in [2.45, 2.75) is 12.4 Å². The van der Waals surface area contributed by atoms with Crippen LogP contribution >= 0.6 is 15.9 Å². The maximum absolute atomic E-state index is 10.6. The van der Waals surface area contributed by atoms with Gasteiger partial charge in [0.05, 0.1) is 23.1 Å². The van der Waals surface area contributed by atoms with Crippen LogP contribution in [-0.4, -0.2) is 61.2 Å². The number of pyridine rings is 2. The Morgan fingerprint density at radius 1 is 0.929 bits per heavy atom. The minimum absolute atomic E-state index is 0.199. The third-order valence-corrected chi connectivity index (χ3v) is 5.98. The minimum Gasteiger partial charge on any atom is -0.475 e. The van der Waals surface area contributed by atoms with E-state index in [4.69, 9.17) is 34.3 Å². The fourth-order valence-electron chi connectivity index (χ4n) is 3.59. The lowest BCUT2D eigenvalue weighted by Crippen LogP contribution is -2.21. The van der Waals surface area contributed by atoms with Crippen LogP contribution in [0, 0.1) is 0 Å². The molecule has 18 heteroatoms. The second-order valence-electron chi connectivity index (χ2n) is 8.02. The molecule has 1 aromatic carbocycles. The predicted octanol–water partition coefficient (Wildman–Crippen LogP) is 6.02. The van der Waals surface area contributed by atoms with E-state index in [0.717, 1.165) is 44.1 Å². The van der Waals surface area contributed by atoms with Crippen LogP contribution in [-0.2, 0) is 9.59 Å². The van der Waals surface area contributed by atoms with Crippen molar-refractivity contribution in [3.63, 3.8) is 0 Å². The number of H-pyrrole nitrogens is 1. The van der Waals surface area contributed by atoms with Crippen molar-refractivity contribution in [3.05, 3.63) is 53.4 Å². The van der Waals surface area contributed by atoms with Crippen molar-refractivity contribution in [2.24, 2.45) is 0 Å². The zero-order chi connectivity index (χ0) is 30.8. The van der Waals surface area contributed by atoms with Crippen LogP contribution < -0.4 is 14.8 Å². The third-order valence-electron chi connectivity index (χ3n) is 5.32. The van der Waals surface area contributed by atoms with Gasteiger partial charge in [-0.15, -0.1) is 0 Å². The zero-order valence-electron chi connectivity index (χ0n) is 20.3. The summed E-state index contributed by atoms with van der Waals surface area (Å²) in [5.74, 6) is -2.69. The van der Waals surface area contributed by atoms with Crippen LogP contribution in [0.3, 0.4) is 0 Å². The van der Waals surface area contributed by atoms with Crippen LogP contribution in [0.1, 0.15) is 0 Å². The number of halogens is 7. The molecule has 0 atom stereocenters. The summed E-state index contributed by atoms with van der Waals surface area (Å²) in [6.07, 6.45) is -4.86. The Labute approximate surface area is 238 Å². The predicted molar refractivity (Wildman–Crippen MR) is 135 cm³/mol. The number of anilines is 2. The van der Waals surface area contributed by atoms with Gasteiger partial charge >= 0.3 is 24.3 Å². The molecule has 0 unspecified atom stereocenters. The molecule has 0 bridgehead atoms. The van der Waals surface area contributed by atoms with Gasteiger partial charge in [-0.05, 0) is 46.3 Å². The van der Waals surface area contributed by atoms with E-state index in [9.17, 15) is 26.3 Å². The Kier molecular flexibility index (Phi) is 8.28. The van der Waals surface area contributed by atoms with Crippen molar-refractivity contribution in [1.82, 2.24) is 19.9 Å². The van der Waals surface area contributed by atoms with Crippen molar-refractivity contribution in [2.75, 3.05) is 12.1 Å². The largest absolute Gasteiger partial charge is 0.490 e. The molecule has 0 fully saturated rings. The summed E-state index contributed by atoms with van der Waals surface area (Å²) in [5.41, 5.74) is 5.30. The number of fused-ring (bicyclic) bond motifs is 6. The van der Waals surface area contributed by atoms with Crippen LogP contribution in [0.2, 0.25) is 0 Å². The number of aromatic nitrogens is 4. The van der Waals surface area contributed by atoms with Crippen LogP contribution in [0.4, 0.5) is 37.8 Å². The van der Waals surface area contributed by atoms with Gasteiger partial charge in [-0.2, -0.15) is 26.3 Å². The lowest BCUT2D eigenvalue weighted by molar-refractivity contribution is -0.193. The Hall–Kier alpha value is -4.87. The highest BCUT2D eigenvalue weighted by Gasteiger charge is 2.39. The van der Waals surface area contributed by atoms with Gasteiger partial charge in [-0.3, -0.25) is 4.98 Å². The number of benzene rings is 1. The number of imidazole rings is 1. The monoisotopic (exact) mass is 661 g/mol. The smallest absolute Gasteiger partial charge is 0.475 e. The second kappa shape index (κ2) is 11.6. The van der Waals surface area contributed by atoms with Crippen molar-refractivity contribution in [3.8, 4) is 45.4 Å². The molecule has 0 amide bonds. The summed E-state index contributed by atoms with van der Waals surface area (Å²) in [5, 5.41) is 17.6. The number of carboxylic acid groups (broad SMARTS) is 2. The Bertz CT molecular complexity index is 1570. The number of rotatable bonds is 1. The molecule has 11 nitrogen and oxygen atoms in total. The summed E-state index contributed by atoms with van der Waals surface area (Å²) in [7, 11) is 0. The van der Waals surface area contributed by atoms with Crippen LogP contribution in [0.15, 0.2) is 53.4 Å². The van der Waals surface area contributed by atoms with Gasteiger partial charge in [-0.25, -0.2) is 19.6 Å². The molecule has 3 aromatic heterocycles. The normalized spacial score (nSPS) is 12.5. The van der Waals surface area contributed by atoms with E-state index in [0.29, 0.717) is 17.3 Å². The van der Waals surface area contributed by atoms with E-state index >= 15 is 0 Å². The standard InChI is InChI=1S/C20H12BrN5O2.2C2HF3O2/c21-12-3-4-14-18(28-9-27-14)15(12)20-25-16-10-5-7-22-8-13(10)24-19-11(17(16)26-20)2-1-6-23-19;2*3-2(4,5)1(6)7/h1-8H,9H2,(H,23,24)(H,25,26);2*(H,6,7). The van der Waals surface area contributed by atoms with Gasteiger partial charge in [0, 0.05) is 28.0 Å². The van der Waals surface area contributed by atoms with E-state index in [1.165, 1.54) is 0 Å². The average Bonchev–Trinajstić information content (AvgIpc) is 3.54. The van der Waals surface area contributed by atoms with Crippen molar-refractivity contribution in [1.29, 1.82) is 0 Å². The number of hydrogen-bond acceptors (Lipinski definition) is 8. The lowest BCUT2D eigenvalue weighted by Gasteiger charge is -2.08. The number of ether oxygens (including phenoxy) is 2. The van der Waals surface area contributed by atoms with Gasteiger partial charge in [0.25, 0.3) is 0 Å². The average molecular weight is 662 g/mol. The number of carboxylic acids is 2. The maximum atomic E-state index is 10.6. The highest BCUT2D eigenvalue weighted by atomic mass is 79.9. The number of nitrogens with zero attached hydrogens (tertiary/aromatic N) is 3. The summed E-state index contributed by atoms with van der Waals surface area (Å²) < 4.78 is 75.6. The molecule has 220 valence electrons. The van der Waals surface area contributed by atoms with Crippen LogP contribution in [0.25, 0.3) is 33.9 Å². The molecule has 6 rings (SSSR count). The maximum Gasteiger partial charge on any atom is 0.490 e. The molecular weight excluding hydrogens is 648 g/mol. The van der Waals surface area contributed by atoms with E-state index in [1.807, 2.05) is 30.3 Å². The van der Waals surface area contributed by atoms with Gasteiger partial charge in [0.15, 0.2) is 11.5 Å². The van der Waals surface area contributed by atoms with Crippen LogP contribution in [0.5, 0.6) is 11.5 Å². The number of aliphatic carboxylic acids is 2. The SMILES string of the molecule is Brc1ccc2c(c1-c1nc3c([nH]1)-c1ccncc1Nc1ncccc1-3)OCO2.O=C(O)C(F)(F)F.O=C(O)C(F)(F)F. The lowest BCUT2D eigenvalue weighted by atomic mass is 10.1. The van der Waals surface area contributed by atoms with Gasteiger partial charge in [-0.1, -0.05) is 0 Å². The van der Waals surface area contributed by atoms with E-state index in [2.05, 4.69) is 36.2 Å². The highest BCUT2D eigenvalue weighted by Crippen LogP contribution is 2.48. The minimum atomic E-state index is -5.08. The fourth-order valence-corrected chi connectivity index (χ4v) is 4.09. The van der Waals surface area contributed by atoms with Gasteiger partial charge in [0.1, 0.15) is 17.3 Å². The fraction of sp³-hybridized carbons (Fsp3) is 0.125. The first kappa shape index (κ1) is 30.1. The first-order valence-electron chi connectivity index (χ1n) is 11.1. The summed E-state index contributed by atoms with van der Waals surface area (Å²) >= 11 is 3.63. The molecule has 0 spiro atoms. The molecule has 0 radical (unpaired) electrons. The van der Waals surface area contributed by atoms with Gasteiger partial charge in [0.2, 0.25) is 6.79 Å². The summed E-state index contributed by atoms with van der Waals surface area (Å²) in [6.45, 7) is 0.199. The zero-order valence-corrected chi connectivity index (χ0v) is 21.9. The number of hydrogen-bond donors (Lipinski definition) is 4. The molecule has 0 aliphatic carbocycles. The van der Waals surface area contributed by atoms with Crippen molar-refractivity contribution < 1.29 is 55.6 Å². The molecule has 2 aliphatic rings. The topological polar surface area (TPSA) is 160 Å². The number of carbonyl (C=O) groups is 2. The quantitative estimate of drug-likeness (QED) is 0.157. The molecule has 5 heterocycles. The first-order chi connectivity index (χ1) is 19.7. The Morgan fingerprint density at radius 3 is 2.24 bits per heavy atom. The van der Waals surface area contributed by atoms with E-state index in [1.54, 1.807) is 18.6 Å². The molecule has 2 aliphatic heterocycles. The number of nitrogens with one attached hydrogen (secondary N) is 2. The molecular formula is C24H14BrF6N5O6. The van der Waals surface area contributed by atoms with E-state index in [-0.39, 0.29) is 6.79 Å². The Balaban J connectivity index is 0.000000243. The molecule has 4 N–H and O–H groups in total. The van der Waals surface area contributed by atoms with Crippen molar-refractivity contribution >= 4 is 39.4 Å². The number of aromatic amines is 1. The highest BCUT2D eigenvalue weighted by molar-refractivity contribution is 9.10. The summed E-state index contributed by atoms with van der Waals surface area (Å²) in [4.78, 5) is 34.9. The van der Waals surface area contributed by atoms with E-state index < -0.39 is 24.3 Å². The molecule has 0 saturated carbocycles. The first-order valence-corrected chi connectivity index (χ1v) is 11.9. The second-order valence-corrected chi connectivity index (χ2v) is 8.87.